The normalized spacial score (nSPS) is 11.1. The van der Waals surface area contributed by atoms with E-state index >= 15 is 0 Å². The van der Waals surface area contributed by atoms with Gasteiger partial charge in [-0.05, 0) is 25.5 Å². The van der Waals surface area contributed by atoms with Gasteiger partial charge in [0.15, 0.2) is 11.0 Å². The van der Waals surface area contributed by atoms with Gasteiger partial charge in [0, 0.05) is 29.3 Å². The molecule has 0 saturated heterocycles. The SMILES string of the molecule is Cc1cccc(-c2nc(CSc3nnc(-c4ccccc4C)n3C)cs2)c1. The molecule has 0 saturated carbocycles. The number of aromatic nitrogens is 4. The summed E-state index contributed by atoms with van der Waals surface area (Å²) in [6.07, 6.45) is 0. The summed E-state index contributed by atoms with van der Waals surface area (Å²) >= 11 is 3.35. The highest BCUT2D eigenvalue weighted by atomic mass is 32.2. The lowest BCUT2D eigenvalue weighted by molar-refractivity contribution is 0.793. The lowest BCUT2D eigenvalue weighted by Gasteiger charge is -2.05. The van der Waals surface area contributed by atoms with Crippen molar-refractivity contribution < 1.29 is 0 Å². The maximum Gasteiger partial charge on any atom is 0.191 e. The van der Waals surface area contributed by atoms with Crippen LogP contribution in [0.25, 0.3) is 22.0 Å². The van der Waals surface area contributed by atoms with E-state index in [0.717, 1.165) is 33.0 Å². The molecule has 0 radical (unpaired) electrons. The summed E-state index contributed by atoms with van der Waals surface area (Å²) in [6.45, 7) is 4.20. The Morgan fingerprint density at radius 1 is 1.04 bits per heavy atom. The van der Waals surface area contributed by atoms with Crippen molar-refractivity contribution in [2.75, 3.05) is 0 Å². The van der Waals surface area contributed by atoms with Crippen LogP contribution in [0.3, 0.4) is 0 Å². The summed E-state index contributed by atoms with van der Waals surface area (Å²) in [4.78, 5) is 4.79. The van der Waals surface area contributed by atoms with Crippen LogP contribution in [0.15, 0.2) is 59.1 Å². The van der Waals surface area contributed by atoms with Crippen LogP contribution in [0.1, 0.15) is 16.8 Å². The van der Waals surface area contributed by atoms with Crippen molar-refractivity contribution in [1.29, 1.82) is 0 Å². The fourth-order valence-corrected chi connectivity index (χ4v) is 4.65. The highest BCUT2D eigenvalue weighted by Gasteiger charge is 2.14. The van der Waals surface area contributed by atoms with Gasteiger partial charge in [-0.15, -0.1) is 21.5 Å². The fourth-order valence-electron chi connectivity index (χ4n) is 2.92. The molecule has 0 unspecified atom stereocenters. The summed E-state index contributed by atoms with van der Waals surface area (Å²) in [5.41, 5.74) is 5.82. The molecule has 4 rings (SSSR count). The third-order valence-electron chi connectivity index (χ3n) is 4.39. The number of thioether (sulfide) groups is 1. The van der Waals surface area contributed by atoms with E-state index in [1.807, 2.05) is 19.2 Å². The zero-order valence-corrected chi connectivity index (χ0v) is 17.1. The summed E-state index contributed by atoms with van der Waals surface area (Å²) in [7, 11) is 2.02. The predicted octanol–water partition coefficient (Wildman–Crippen LogP) is 5.51. The van der Waals surface area contributed by atoms with Crippen LogP contribution in [0.2, 0.25) is 0 Å². The van der Waals surface area contributed by atoms with Crippen molar-refractivity contribution in [3.8, 4) is 22.0 Å². The molecule has 0 fully saturated rings. The summed E-state index contributed by atoms with van der Waals surface area (Å²) in [5.74, 6) is 1.68. The molecule has 6 heteroatoms. The molecule has 0 aliphatic heterocycles. The van der Waals surface area contributed by atoms with E-state index in [1.54, 1.807) is 23.1 Å². The van der Waals surface area contributed by atoms with E-state index in [0.29, 0.717) is 0 Å². The summed E-state index contributed by atoms with van der Waals surface area (Å²) in [5, 5.41) is 12.9. The molecule has 0 atom stereocenters. The van der Waals surface area contributed by atoms with Gasteiger partial charge < -0.3 is 4.57 Å². The first-order valence-electron chi connectivity index (χ1n) is 8.71. The molecule has 0 spiro atoms. The first kappa shape index (κ1) is 17.9. The molecular weight excluding hydrogens is 372 g/mol. The van der Waals surface area contributed by atoms with E-state index in [9.17, 15) is 0 Å². The molecule has 0 bridgehead atoms. The highest BCUT2D eigenvalue weighted by Crippen LogP contribution is 2.29. The minimum atomic E-state index is 0.780. The lowest BCUT2D eigenvalue weighted by Crippen LogP contribution is -1.96. The average Bonchev–Trinajstić information content (AvgIpc) is 3.28. The van der Waals surface area contributed by atoms with Gasteiger partial charge in [-0.25, -0.2) is 4.98 Å². The molecule has 0 aliphatic rings. The van der Waals surface area contributed by atoms with Crippen LogP contribution in [0, 0.1) is 13.8 Å². The second-order valence-electron chi connectivity index (χ2n) is 6.48. The molecule has 4 aromatic rings. The maximum atomic E-state index is 4.79. The Balaban J connectivity index is 1.50. The first-order valence-corrected chi connectivity index (χ1v) is 10.6. The van der Waals surface area contributed by atoms with Gasteiger partial charge in [-0.2, -0.15) is 0 Å². The minimum Gasteiger partial charge on any atom is -0.305 e. The number of thiazole rings is 1. The third-order valence-corrected chi connectivity index (χ3v) is 6.38. The number of rotatable bonds is 5. The van der Waals surface area contributed by atoms with Crippen molar-refractivity contribution in [2.24, 2.45) is 7.05 Å². The molecular formula is C21H20N4S2. The topological polar surface area (TPSA) is 43.6 Å². The number of hydrogen-bond donors (Lipinski definition) is 0. The van der Waals surface area contributed by atoms with Crippen LogP contribution in [0.4, 0.5) is 0 Å². The largest absolute Gasteiger partial charge is 0.305 e. The highest BCUT2D eigenvalue weighted by molar-refractivity contribution is 7.98. The van der Waals surface area contributed by atoms with Crippen LogP contribution >= 0.6 is 23.1 Å². The number of aryl methyl sites for hydroxylation is 2. The maximum absolute atomic E-state index is 4.79. The molecule has 136 valence electrons. The number of benzene rings is 2. The Labute approximate surface area is 167 Å². The third kappa shape index (κ3) is 3.82. The van der Waals surface area contributed by atoms with E-state index in [-0.39, 0.29) is 0 Å². The first-order chi connectivity index (χ1) is 13.1. The predicted molar refractivity (Wildman–Crippen MR) is 113 cm³/mol. The van der Waals surface area contributed by atoms with Crippen molar-refractivity contribution in [2.45, 2.75) is 24.8 Å². The Morgan fingerprint density at radius 3 is 2.70 bits per heavy atom. The van der Waals surface area contributed by atoms with Crippen molar-refractivity contribution in [3.05, 3.63) is 70.7 Å². The lowest BCUT2D eigenvalue weighted by atomic mass is 10.1. The van der Waals surface area contributed by atoms with Gasteiger partial charge in [0.1, 0.15) is 5.01 Å². The van der Waals surface area contributed by atoms with Gasteiger partial charge in [-0.1, -0.05) is 59.8 Å². The Hall–Kier alpha value is -2.44. The van der Waals surface area contributed by atoms with E-state index in [2.05, 4.69) is 70.4 Å². The molecule has 4 nitrogen and oxygen atoms in total. The monoisotopic (exact) mass is 392 g/mol. The molecule has 2 heterocycles. The van der Waals surface area contributed by atoms with Crippen LogP contribution < -0.4 is 0 Å². The van der Waals surface area contributed by atoms with E-state index in [1.165, 1.54) is 16.7 Å². The Kier molecular flexibility index (Phi) is 5.09. The second-order valence-corrected chi connectivity index (χ2v) is 8.28. The summed E-state index contributed by atoms with van der Waals surface area (Å²) in [6, 6.07) is 16.7. The van der Waals surface area contributed by atoms with Gasteiger partial charge in [0.05, 0.1) is 5.69 Å². The van der Waals surface area contributed by atoms with Gasteiger partial charge in [0.2, 0.25) is 0 Å². The summed E-state index contributed by atoms with van der Waals surface area (Å²) < 4.78 is 2.06. The quantitative estimate of drug-likeness (QED) is 0.420. The Morgan fingerprint density at radius 2 is 1.89 bits per heavy atom. The minimum absolute atomic E-state index is 0.780. The Bertz CT molecular complexity index is 1080. The number of hydrogen-bond acceptors (Lipinski definition) is 5. The molecule has 2 aromatic heterocycles. The molecule has 2 aromatic carbocycles. The van der Waals surface area contributed by atoms with Gasteiger partial charge in [-0.3, -0.25) is 0 Å². The van der Waals surface area contributed by atoms with Gasteiger partial charge >= 0.3 is 0 Å². The van der Waals surface area contributed by atoms with Crippen molar-refractivity contribution in [3.63, 3.8) is 0 Å². The van der Waals surface area contributed by atoms with E-state index in [4.69, 9.17) is 4.98 Å². The molecule has 0 aliphatic carbocycles. The van der Waals surface area contributed by atoms with Crippen LogP contribution in [-0.4, -0.2) is 19.7 Å². The second kappa shape index (κ2) is 7.66. The zero-order chi connectivity index (χ0) is 18.8. The fraction of sp³-hybridized carbons (Fsp3) is 0.190. The van der Waals surface area contributed by atoms with Gasteiger partial charge in [0.25, 0.3) is 0 Å². The van der Waals surface area contributed by atoms with Crippen molar-refractivity contribution >= 4 is 23.1 Å². The zero-order valence-electron chi connectivity index (χ0n) is 15.5. The van der Waals surface area contributed by atoms with E-state index < -0.39 is 0 Å². The molecule has 27 heavy (non-hydrogen) atoms. The standard InChI is InChI=1S/C21H20N4S2/c1-14-7-6-9-16(11-14)20-22-17(12-26-20)13-27-21-24-23-19(25(21)3)18-10-5-4-8-15(18)2/h4-12H,13H2,1-3H3. The molecule has 0 amide bonds. The van der Waals surface area contributed by atoms with Crippen molar-refractivity contribution in [1.82, 2.24) is 19.7 Å². The average molecular weight is 393 g/mol. The molecule has 0 N–H and O–H groups in total. The van der Waals surface area contributed by atoms with Crippen LogP contribution in [-0.2, 0) is 12.8 Å². The number of nitrogens with zero attached hydrogens (tertiary/aromatic N) is 4. The smallest absolute Gasteiger partial charge is 0.191 e. The van der Waals surface area contributed by atoms with Crippen LogP contribution in [0.5, 0.6) is 0 Å².